The Morgan fingerprint density at radius 1 is 1.09 bits per heavy atom. The number of amides is 1. The van der Waals surface area contributed by atoms with Crippen LogP contribution in [-0.2, 0) is 4.79 Å². The number of hydrogen-bond donors (Lipinski definition) is 1. The molecule has 0 atom stereocenters. The van der Waals surface area contributed by atoms with E-state index in [1.165, 1.54) is 24.3 Å². The molecular weight excluding hydrogens is 440 g/mol. The average molecular weight is 461 g/mol. The Labute approximate surface area is 195 Å². The number of thiol groups is 1. The van der Waals surface area contributed by atoms with Gasteiger partial charge in [-0.3, -0.25) is 9.69 Å². The number of fused-ring (bicyclic) bond motifs is 1. The zero-order valence-electron chi connectivity index (χ0n) is 17.9. The fourth-order valence-electron chi connectivity index (χ4n) is 3.16. The van der Waals surface area contributed by atoms with Gasteiger partial charge in [0.1, 0.15) is 17.1 Å². The molecule has 0 aliphatic heterocycles. The Morgan fingerprint density at radius 2 is 1.91 bits per heavy atom. The molecule has 4 rings (SSSR count). The number of methoxy groups -OCH3 is 1. The van der Waals surface area contributed by atoms with Crippen molar-refractivity contribution in [1.29, 1.82) is 0 Å². The normalized spacial score (nSPS) is 11.8. The third-order valence-corrected chi connectivity index (χ3v) is 5.31. The lowest BCUT2D eigenvalue weighted by Crippen LogP contribution is -2.28. The minimum absolute atomic E-state index is 0.184. The number of rotatable bonds is 5. The molecule has 0 unspecified atom stereocenters. The summed E-state index contributed by atoms with van der Waals surface area (Å²) in [5.41, 5.74) is 1.50. The van der Waals surface area contributed by atoms with Crippen molar-refractivity contribution in [3.8, 4) is 16.9 Å². The van der Waals surface area contributed by atoms with Crippen LogP contribution in [-0.4, -0.2) is 30.1 Å². The van der Waals surface area contributed by atoms with Crippen LogP contribution in [0.25, 0.3) is 28.2 Å². The smallest absolute Gasteiger partial charge is 0.344 e. The van der Waals surface area contributed by atoms with Gasteiger partial charge >= 0.3 is 5.63 Å². The van der Waals surface area contributed by atoms with Gasteiger partial charge in [0.15, 0.2) is 5.17 Å². The highest BCUT2D eigenvalue weighted by Crippen LogP contribution is 2.33. The zero-order chi connectivity index (χ0) is 23.4. The minimum Gasteiger partial charge on any atom is -0.496 e. The molecule has 2 aromatic heterocycles. The van der Waals surface area contributed by atoms with Crippen LogP contribution in [0, 0.1) is 0 Å². The van der Waals surface area contributed by atoms with Crippen molar-refractivity contribution in [2.24, 2.45) is 4.99 Å². The lowest BCUT2D eigenvalue weighted by molar-refractivity contribution is -0.121. The molecule has 0 bridgehead atoms. The molecule has 33 heavy (non-hydrogen) atoms. The Morgan fingerprint density at radius 3 is 2.67 bits per heavy atom. The maximum absolute atomic E-state index is 12.6. The summed E-state index contributed by atoms with van der Waals surface area (Å²) in [6.07, 6.45) is 4.46. The molecule has 7 nitrogen and oxygen atoms in total. The summed E-state index contributed by atoms with van der Waals surface area (Å²) in [6.45, 7) is 0. The number of aliphatic imine (C=N–C) groups is 1. The van der Waals surface area contributed by atoms with E-state index in [1.54, 1.807) is 55.6 Å². The van der Waals surface area contributed by atoms with Gasteiger partial charge in [-0.2, -0.15) is 0 Å². The van der Waals surface area contributed by atoms with Crippen LogP contribution in [0.5, 0.6) is 5.75 Å². The Kier molecular flexibility index (Phi) is 6.46. The van der Waals surface area contributed by atoms with E-state index in [-0.39, 0.29) is 11.1 Å². The van der Waals surface area contributed by atoms with Crippen molar-refractivity contribution in [3.63, 3.8) is 0 Å². The summed E-state index contributed by atoms with van der Waals surface area (Å²) in [5, 5.41) is 0.987. The average Bonchev–Trinajstić information content (AvgIpc) is 3.35. The molecule has 0 spiro atoms. The van der Waals surface area contributed by atoms with Gasteiger partial charge in [-0.1, -0.05) is 18.2 Å². The second-order valence-corrected chi connectivity index (χ2v) is 7.43. The zero-order valence-corrected chi connectivity index (χ0v) is 18.8. The molecule has 2 aromatic carbocycles. The van der Waals surface area contributed by atoms with Crippen molar-refractivity contribution in [2.75, 3.05) is 14.2 Å². The first-order valence-corrected chi connectivity index (χ1v) is 10.4. The SMILES string of the molecule is COc1cc(/N=C(\S)N(C)C(=O)/C=C/c2ccco2)ccc1-c1cc2ccccc2oc1=O. The second kappa shape index (κ2) is 9.62. The van der Waals surface area contributed by atoms with Gasteiger partial charge in [0.05, 0.1) is 24.6 Å². The fourth-order valence-corrected chi connectivity index (χ4v) is 3.38. The van der Waals surface area contributed by atoms with Gasteiger partial charge in [0.2, 0.25) is 0 Å². The van der Waals surface area contributed by atoms with E-state index in [4.69, 9.17) is 13.6 Å². The van der Waals surface area contributed by atoms with Gasteiger partial charge in [0, 0.05) is 30.1 Å². The van der Waals surface area contributed by atoms with E-state index < -0.39 is 5.63 Å². The number of hydrogen-bond acceptors (Lipinski definition) is 6. The van der Waals surface area contributed by atoms with Crippen molar-refractivity contribution in [1.82, 2.24) is 4.90 Å². The number of amidine groups is 1. The molecule has 0 aliphatic carbocycles. The van der Waals surface area contributed by atoms with Crippen LogP contribution < -0.4 is 10.4 Å². The van der Waals surface area contributed by atoms with Crippen LogP contribution in [0.3, 0.4) is 0 Å². The second-order valence-electron chi connectivity index (χ2n) is 7.03. The highest BCUT2D eigenvalue weighted by Gasteiger charge is 2.14. The van der Waals surface area contributed by atoms with E-state index >= 15 is 0 Å². The molecule has 2 heterocycles. The first kappa shape index (κ1) is 22.2. The van der Waals surface area contributed by atoms with Crippen LogP contribution >= 0.6 is 12.6 Å². The summed E-state index contributed by atoms with van der Waals surface area (Å²) in [7, 11) is 3.07. The number of nitrogens with zero attached hydrogens (tertiary/aromatic N) is 2. The molecule has 1 amide bonds. The lowest BCUT2D eigenvalue weighted by atomic mass is 10.0. The minimum atomic E-state index is -0.466. The summed E-state index contributed by atoms with van der Waals surface area (Å²) < 4.78 is 16.1. The van der Waals surface area contributed by atoms with Crippen molar-refractivity contribution < 1.29 is 18.4 Å². The van der Waals surface area contributed by atoms with E-state index in [1.807, 2.05) is 18.2 Å². The Balaban J connectivity index is 1.61. The molecule has 0 saturated heterocycles. The molecule has 0 saturated carbocycles. The van der Waals surface area contributed by atoms with Crippen LogP contribution in [0.4, 0.5) is 5.69 Å². The summed E-state index contributed by atoms with van der Waals surface area (Å²) in [5.74, 6) is 0.678. The molecule has 8 heteroatoms. The molecule has 166 valence electrons. The fraction of sp³-hybridized carbons (Fsp3) is 0.0800. The maximum Gasteiger partial charge on any atom is 0.344 e. The van der Waals surface area contributed by atoms with Crippen LogP contribution in [0.2, 0.25) is 0 Å². The quantitative estimate of drug-likeness (QED) is 0.146. The Hall–Kier alpha value is -4.04. The van der Waals surface area contributed by atoms with E-state index in [9.17, 15) is 9.59 Å². The molecule has 0 radical (unpaired) electrons. The lowest BCUT2D eigenvalue weighted by Gasteiger charge is -2.14. The number of furan rings is 1. The van der Waals surface area contributed by atoms with Crippen LogP contribution in [0.1, 0.15) is 5.76 Å². The highest BCUT2D eigenvalue weighted by molar-refractivity contribution is 7.96. The summed E-state index contributed by atoms with van der Waals surface area (Å²) >= 11 is 4.35. The van der Waals surface area contributed by atoms with Crippen molar-refractivity contribution in [3.05, 3.63) is 89.2 Å². The topological polar surface area (TPSA) is 85.2 Å². The summed E-state index contributed by atoms with van der Waals surface area (Å²) in [6, 6.07) is 17.6. The van der Waals surface area contributed by atoms with Gasteiger partial charge in [-0.15, -0.1) is 12.6 Å². The number of ether oxygens (including phenoxy) is 1. The largest absolute Gasteiger partial charge is 0.496 e. The van der Waals surface area contributed by atoms with Crippen molar-refractivity contribution in [2.45, 2.75) is 0 Å². The molecule has 0 N–H and O–H groups in total. The number of carbonyl (C=O) groups excluding carboxylic acids is 1. The van der Waals surface area contributed by atoms with E-state index in [0.29, 0.717) is 33.9 Å². The van der Waals surface area contributed by atoms with E-state index in [0.717, 1.165) is 5.39 Å². The van der Waals surface area contributed by atoms with E-state index in [2.05, 4.69) is 17.6 Å². The third kappa shape index (κ3) is 4.91. The van der Waals surface area contributed by atoms with Gasteiger partial charge < -0.3 is 13.6 Å². The predicted molar refractivity (Wildman–Crippen MR) is 131 cm³/mol. The van der Waals surface area contributed by atoms with Gasteiger partial charge in [-0.25, -0.2) is 9.79 Å². The highest BCUT2D eigenvalue weighted by atomic mass is 32.1. The number of benzene rings is 2. The Bertz CT molecular complexity index is 1420. The van der Waals surface area contributed by atoms with Gasteiger partial charge in [-0.05, 0) is 42.5 Å². The number of para-hydroxylation sites is 1. The monoisotopic (exact) mass is 460 g/mol. The molecule has 4 aromatic rings. The standard InChI is InChI=1S/C25H20N2O5S/c1-27(23(28)12-10-18-7-5-13-31-18)25(33)26-17-9-11-19(22(15-17)30-2)20-14-16-6-3-4-8-21(16)32-24(20)29/h3-15H,1-2H3,(H,26,33)/b12-10+. The molecule has 0 aliphatic rings. The number of carbonyl (C=O) groups is 1. The first-order chi connectivity index (χ1) is 16.0. The van der Waals surface area contributed by atoms with Gasteiger partial charge in [0.25, 0.3) is 5.91 Å². The number of likely N-dealkylation sites (N-methyl/N-ethyl adjacent to an activating group) is 1. The third-order valence-electron chi connectivity index (χ3n) is 4.91. The summed E-state index contributed by atoms with van der Waals surface area (Å²) in [4.78, 5) is 30.6. The first-order valence-electron chi connectivity index (χ1n) is 9.94. The maximum atomic E-state index is 12.6. The molecule has 0 fully saturated rings. The van der Waals surface area contributed by atoms with Crippen molar-refractivity contribution >= 4 is 46.4 Å². The molecular formula is C25H20N2O5S. The predicted octanol–water partition coefficient (Wildman–Crippen LogP) is 5.15. The van der Waals surface area contributed by atoms with Crippen LogP contribution in [0.15, 0.2) is 91.6 Å².